The van der Waals surface area contributed by atoms with Gasteiger partial charge in [0.15, 0.2) is 0 Å². The Kier molecular flexibility index (Phi) is 3.82. The first-order valence-corrected chi connectivity index (χ1v) is 5.96. The van der Waals surface area contributed by atoms with Crippen LogP contribution in [0, 0.1) is 0 Å². The van der Waals surface area contributed by atoms with Crippen LogP contribution in [0.3, 0.4) is 0 Å². The molecule has 2 rings (SSSR count). The molecule has 0 amide bonds. The van der Waals surface area contributed by atoms with Gasteiger partial charge in [0.05, 0.1) is 12.7 Å². The molecule has 0 saturated carbocycles. The molecule has 0 aliphatic heterocycles. The second-order valence-electron chi connectivity index (χ2n) is 4.31. The Morgan fingerprint density at radius 3 is 2.82 bits per heavy atom. The van der Waals surface area contributed by atoms with Gasteiger partial charge in [-0.15, -0.1) is 0 Å². The van der Waals surface area contributed by atoms with E-state index >= 15 is 0 Å². The lowest BCUT2D eigenvalue weighted by Crippen LogP contribution is -2.18. The molecule has 3 nitrogen and oxygen atoms in total. The summed E-state index contributed by atoms with van der Waals surface area (Å²) in [5.41, 5.74) is 2.21. The number of nitrogens with zero attached hydrogens (tertiary/aromatic N) is 3. The molecule has 0 N–H and O–H groups in total. The van der Waals surface area contributed by atoms with E-state index in [2.05, 4.69) is 30.3 Å². The summed E-state index contributed by atoms with van der Waals surface area (Å²) in [5, 5.41) is 5.09. The Labute approximate surface area is 107 Å². The van der Waals surface area contributed by atoms with Crippen molar-refractivity contribution < 1.29 is 0 Å². The lowest BCUT2D eigenvalue weighted by molar-refractivity contribution is 0.373. The molecule has 2 aromatic rings. The Morgan fingerprint density at radius 1 is 1.29 bits per heavy atom. The summed E-state index contributed by atoms with van der Waals surface area (Å²) in [7, 11) is 4.11. The molecule has 1 heterocycles. The van der Waals surface area contributed by atoms with Crippen LogP contribution in [0.25, 0.3) is 11.1 Å². The number of benzene rings is 1. The van der Waals surface area contributed by atoms with E-state index in [1.54, 1.807) is 0 Å². The second kappa shape index (κ2) is 5.34. The summed E-state index contributed by atoms with van der Waals surface area (Å²) in [6, 6.07) is 7.82. The predicted molar refractivity (Wildman–Crippen MR) is 71.2 cm³/mol. The fraction of sp³-hybridized carbons (Fsp3) is 0.308. The minimum atomic E-state index is 0.753. The zero-order valence-corrected chi connectivity index (χ0v) is 10.9. The lowest BCUT2D eigenvalue weighted by Gasteiger charge is -2.08. The molecule has 0 fully saturated rings. The van der Waals surface area contributed by atoms with Gasteiger partial charge in [-0.1, -0.05) is 23.7 Å². The van der Waals surface area contributed by atoms with Gasteiger partial charge in [-0.2, -0.15) is 5.10 Å². The number of hydrogen-bond donors (Lipinski definition) is 0. The summed E-state index contributed by atoms with van der Waals surface area (Å²) in [4.78, 5) is 2.14. The summed E-state index contributed by atoms with van der Waals surface area (Å²) < 4.78 is 1.95. The third-order valence-electron chi connectivity index (χ3n) is 2.57. The molecule has 0 unspecified atom stereocenters. The van der Waals surface area contributed by atoms with E-state index in [4.69, 9.17) is 11.6 Å². The average molecular weight is 250 g/mol. The van der Waals surface area contributed by atoms with Crippen LogP contribution in [0.2, 0.25) is 5.02 Å². The lowest BCUT2D eigenvalue weighted by atomic mass is 10.1. The molecule has 0 radical (unpaired) electrons. The minimum Gasteiger partial charge on any atom is -0.308 e. The quantitative estimate of drug-likeness (QED) is 0.831. The topological polar surface area (TPSA) is 21.1 Å². The molecule has 0 saturated heterocycles. The van der Waals surface area contributed by atoms with Gasteiger partial charge < -0.3 is 4.90 Å². The molecule has 0 spiro atoms. The number of hydrogen-bond acceptors (Lipinski definition) is 2. The molecule has 0 bridgehead atoms. The van der Waals surface area contributed by atoms with Crippen LogP contribution in [0.15, 0.2) is 36.7 Å². The highest BCUT2D eigenvalue weighted by Crippen LogP contribution is 2.21. The molecule has 17 heavy (non-hydrogen) atoms. The Balaban J connectivity index is 2.12. The molecule has 0 atom stereocenters. The smallest absolute Gasteiger partial charge is 0.0568 e. The van der Waals surface area contributed by atoms with E-state index in [9.17, 15) is 0 Å². The molecule has 0 aliphatic carbocycles. The first kappa shape index (κ1) is 12.1. The van der Waals surface area contributed by atoms with Crippen LogP contribution in [0.1, 0.15) is 0 Å². The highest BCUT2D eigenvalue weighted by Gasteiger charge is 2.02. The maximum absolute atomic E-state index is 5.97. The molecular weight excluding hydrogens is 234 g/mol. The van der Waals surface area contributed by atoms with E-state index in [1.165, 1.54) is 0 Å². The normalized spacial score (nSPS) is 11.1. The predicted octanol–water partition coefficient (Wildman–Crippen LogP) is 2.77. The van der Waals surface area contributed by atoms with Crippen LogP contribution in [-0.2, 0) is 6.54 Å². The summed E-state index contributed by atoms with van der Waals surface area (Å²) in [5.74, 6) is 0. The zero-order chi connectivity index (χ0) is 12.3. The number of rotatable bonds is 4. The molecule has 4 heteroatoms. The molecule has 0 aliphatic rings. The van der Waals surface area contributed by atoms with Gasteiger partial charge in [0.1, 0.15) is 0 Å². The van der Waals surface area contributed by atoms with Crippen molar-refractivity contribution >= 4 is 11.6 Å². The third kappa shape index (κ3) is 3.32. The van der Waals surface area contributed by atoms with Crippen molar-refractivity contribution in [3.05, 3.63) is 41.7 Å². The van der Waals surface area contributed by atoms with E-state index in [1.807, 2.05) is 35.1 Å². The fourth-order valence-electron chi connectivity index (χ4n) is 1.61. The third-order valence-corrected chi connectivity index (χ3v) is 2.80. The van der Waals surface area contributed by atoms with Gasteiger partial charge in [-0.25, -0.2) is 0 Å². The zero-order valence-electron chi connectivity index (χ0n) is 10.1. The van der Waals surface area contributed by atoms with E-state index in [0.29, 0.717) is 0 Å². The number of aromatic nitrogens is 2. The van der Waals surface area contributed by atoms with Crippen molar-refractivity contribution in [2.24, 2.45) is 0 Å². The summed E-state index contributed by atoms with van der Waals surface area (Å²) in [6.45, 7) is 1.88. The Morgan fingerprint density at radius 2 is 2.12 bits per heavy atom. The van der Waals surface area contributed by atoms with Crippen LogP contribution in [0.5, 0.6) is 0 Å². The van der Waals surface area contributed by atoms with Gasteiger partial charge >= 0.3 is 0 Å². The molecule has 90 valence electrons. The summed E-state index contributed by atoms with van der Waals surface area (Å²) in [6.07, 6.45) is 3.93. The molecule has 1 aromatic heterocycles. The van der Waals surface area contributed by atoms with Crippen LogP contribution in [-0.4, -0.2) is 35.3 Å². The van der Waals surface area contributed by atoms with Gasteiger partial charge in [0.2, 0.25) is 0 Å². The van der Waals surface area contributed by atoms with Gasteiger partial charge in [0.25, 0.3) is 0 Å². The van der Waals surface area contributed by atoms with E-state index in [-0.39, 0.29) is 0 Å². The molecule has 1 aromatic carbocycles. The highest BCUT2D eigenvalue weighted by molar-refractivity contribution is 6.30. The maximum Gasteiger partial charge on any atom is 0.0568 e. The fourth-order valence-corrected chi connectivity index (χ4v) is 1.80. The molecular formula is C13H16ClN3. The van der Waals surface area contributed by atoms with Gasteiger partial charge in [-0.05, 0) is 31.8 Å². The van der Waals surface area contributed by atoms with Crippen molar-refractivity contribution in [1.82, 2.24) is 14.7 Å². The maximum atomic E-state index is 5.97. The minimum absolute atomic E-state index is 0.753. The highest BCUT2D eigenvalue weighted by atomic mass is 35.5. The van der Waals surface area contributed by atoms with E-state index in [0.717, 1.165) is 29.2 Å². The summed E-state index contributed by atoms with van der Waals surface area (Å²) >= 11 is 5.97. The van der Waals surface area contributed by atoms with Crippen molar-refractivity contribution in [2.45, 2.75) is 6.54 Å². The Hall–Kier alpha value is -1.32. The first-order chi connectivity index (χ1) is 8.15. The Bertz CT molecular complexity index is 491. The van der Waals surface area contributed by atoms with Crippen molar-refractivity contribution in [1.29, 1.82) is 0 Å². The van der Waals surface area contributed by atoms with Crippen molar-refractivity contribution in [3.63, 3.8) is 0 Å². The monoisotopic (exact) mass is 249 g/mol. The largest absolute Gasteiger partial charge is 0.308 e. The number of likely N-dealkylation sites (N-methyl/N-ethyl adjacent to an activating group) is 1. The van der Waals surface area contributed by atoms with Crippen molar-refractivity contribution in [2.75, 3.05) is 20.6 Å². The van der Waals surface area contributed by atoms with Gasteiger partial charge in [-0.3, -0.25) is 4.68 Å². The van der Waals surface area contributed by atoms with E-state index < -0.39 is 0 Å². The van der Waals surface area contributed by atoms with Crippen LogP contribution >= 0.6 is 11.6 Å². The van der Waals surface area contributed by atoms with Gasteiger partial charge in [0, 0.05) is 23.3 Å². The van der Waals surface area contributed by atoms with Crippen LogP contribution in [0.4, 0.5) is 0 Å². The standard InChI is InChI=1S/C13H16ClN3/c1-16(2)6-7-17-10-12(9-15-17)11-4-3-5-13(14)8-11/h3-5,8-10H,6-7H2,1-2H3. The second-order valence-corrected chi connectivity index (χ2v) is 4.74. The SMILES string of the molecule is CN(C)CCn1cc(-c2cccc(Cl)c2)cn1. The first-order valence-electron chi connectivity index (χ1n) is 5.58. The average Bonchev–Trinajstić information content (AvgIpc) is 2.75. The van der Waals surface area contributed by atoms with Crippen LogP contribution < -0.4 is 0 Å². The number of halogens is 1. The van der Waals surface area contributed by atoms with Crippen molar-refractivity contribution in [3.8, 4) is 11.1 Å².